The Morgan fingerprint density at radius 2 is 2.06 bits per heavy atom. The summed E-state index contributed by atoms with van der Waals surface area (Å²) < 4.78 is 1.13. The summed E-state index contributed by atoms with van der Waals surface area (Å²) in [5.41, 5.74) is 1.30. The van der Waals surface area contributed by atoms with Gasteiger partial charge < -0.3 is 10.0 Å². The number of hydrogen-bond acceptors (Lipinski definition) is 2. The summed E-state index contributed by atoms with van der Waals surface area (Å²) in [6, 6.07) is 8.49. The minimum Gasteiger partial charge on any atom is -0.396 e. The molecule has 0 amide bonds. The summed E-state index contributed by atoms with van der Waals surface area (Å²) >= 11 is 3.45. The van der Waals surface area contributed by atoms with Crippen LogP contribution in [0.2, 0.25) is 0 Å². The van der Waals surface area contributed by atoms with Gasteiger partial charge in [-0.15, -0.1) is 0 Å². The molecule has 2 rings (SSSR count). The highest BCUT2D eigenvalue weighted by molar-refractivity contribution is 9.10. The molecule has 0 aliphatic carbocycles. The quantitative estimate of drug-likeness (QED) is 0.922. The van der Waals surface area contributed by atoms with Gasteiger partial charge in [0, 0.05) is 29.9 Å². The summed E-state index contributed by atoms with van der Waals surface area (Å²) in [5.74, 6) is 0.655. The number of rotatable bonds is 3. The highest BCUT2D eigenvalue weighted by Gasteiger charge is 2.19. The van der Waals surface area contributed by atoms with Gasteiger partial charge in [-0.3, -0.25) is 0 Å². The lowest BCUT2D eigenvalue weighted by atomic mass is 9.95. The van der Waals surface area contributed by atoms with Gasteiger partial charge in [0.2, 0.25) is 0 Å². The van der Waals surface area contributed by atoms with Crippen molar-refractivity contribution in [3.63, 3.8) is 0 Å². The van der Waals surface area contributed by atoms with Crippen LogP contribution in [0, 0.1) is 5.92 Å². The fourth-order valence-electron chi connectivity index (χ4n) is 2.37. The minimum atomic E-state index is 0.318. The number of benzene rings is 1. The number of halogens is 1. The molecule has 1 aromatic rings. The van der Waals surface area contributed by atoms with Crippen LogP contribution < -0.4 is 4.90 Å². The molecule has 2 nitrogen and oxygen atoms in total. The van der Waals surface area contributed by atoms with Crippen LogP contribution in [-0.4, -0.2) is 24.8 Å². The number of nitrogens with zero attached hydrogens (tertiary/aromatic N) is 1. The second kappa shape index (κ2) is 5.69. The molecule has 0 saturated carbocycles. The number of aliphatic hydroxyl groups excluding tert-OH is 1. The van der Waals surface area contributed by atoms with E-state index in [1.54, 1.807) is 0 Å². The molecule has 0 bridgehead atoms. The molecule has 1 fully saturated rings. The third kappa shape index (κ3) is 2.98. The van der Waals surface area contributed by atoms with E-state index in [0.29, 0.717) is 12.5 Å². The fraction of sp³-hybridized carbons (Fsp3) is 0.538. The van der Waals surface area contributed by atoms with Crippen LogP contribution in [0.1, 0.15) is 19.3 Å². The first-order chi connectivity index (χ1) is 7.79. The van der Waals surface area contributed by atoms with Crippen LogP contribution in [0.25, 0.3) is 0 Å². The van der Waals surface area contributed by atoms with E-state index >= 15 is 0 Å². The minimum absolute atomic E-state index is 0.318. The molecule has 3 heteroatoms. The summed E-state index contributed by atoms with van der Waals surface area (Å²) in [7, 11) is 0. The zero-order chi connectivity index (χ0) is 11.4. The molecule has 1 aromatic carbocycles. The monoisotopic (exact) mass is 283 g/mol. The molecule has 16 heavy (non-hydrogen) atoms. The van der Waals surface area contributed by atoms with Crippen molar-refractivity contribution >= 4 is 21.6 Å². The zero-order valence-electron chi connectivity index (χ0n) is 9.40. The Balaban J connectivity index is 2.01. The van der Waals surface area contributed by atoms with Gasteiger partial charge in [0.25, 0.3) is 0 Å². The normalized spacial score (nSPS) is 21.1. The standard InChI is InChI=1S/C13H18BrNO/c14-12-3-5-13(6-4-12)15-8-1-2-11(10-15)7-9-16/h3-6,11,16H,1-2,7-10H2. The largest absolute Gasteiger partial charge is 0.396 e. The van der Waals surface area contributed by atoms with Gasteiger partial charge in [-0.1, -0.05) is 15.9 Å². The first-order valence-corrected chi connectivity index (χ1v) is 6.70. The molecule has 0 radical (unpaired) electrons. The Labute approximate surface area is 105 Å². The highest BCUT2D eigenvalue weighted by Crippen LogP contribution is 2.25. The lowest BCUT2D eigenvalue weighted by Gasteiger charge is -2.34. The van der Waals surface area contributed by atoms with Crippen LogP contribution in [0.3, 0.4) is 0 Å². The Kier molecular flexibility index (Phi) is 4.24. The lowest BCUT2D eigenvalue weighted by molar-refractivity contribution is 0.244. The van der Waals surface area contributed by atoms with Crippen molar-refractivity contribution in [3.05, 3.63) is 28.7 Å². The molecule has 88 valence electrons. The molecule has 1 heterocycles. The summed E-state index contributed by atoms with van der Waals surface area (Å²) in [6.07, 6.45) is 3.43. The van der Waals surface area contributed by atoms with Gasteiger partial charge in [0.15, 0.2) is 0 Å². The van der Waals surface area contributed by atoms with Crippen LogP contribution in [0.5, 0.6) is 0 Å². The molecule has 0 spiro atoms. The van der Waals surface area contributed by atoms with E-state index in [0.717, 1.165) is 24.0 Å². The molecule has 1 aliphatic rings. The second-order valence-electron chi connectivity index (χ2n) is 4.44. The van der Waals surface area contributed by atoms with Crippen molar-refractivity contribution in [2.24, 2.45) is 5.92 Å². The highest BCUT2D eigenvalue weighted by atomic mass is 79.9. The van der Waals surface area contributed by atoms with E-state index in [9.17, 15) is 0 Å². The molecule has 1 atom stereocenters. The molecular formula is C13H18BrNO. The maximum Gasteiger partial charge on any atom is 0.0434 e. The van der Waals surface area contributed by atoms with Gasteiger partial charge in [0.1, 0.15) is 0 Å². The van der Waals surface area contributed by atoms with Crippen molar-refractivity contribution in [3.8, 4) is 0 Å². The van der Waals surface area contributed by atoms with E-state index < -0.39 is 0 Å². The van der Waals surface area contributed by atoms with Gasteiger partial charge in [-0.25, -0.2) is 0 Å². The predicted molar refractivity (Wildman–Crippen MR) is 70.8 cm³/mol. The van der Waals surface area contributed by atoms with Crippen molar-refractivity contribution in [1.29, 1.82) is 0 Å². The second-order valence-corrected chi connectivity index (χ2v) is 5.36. The summed E-state index contributed by atoms with van der Waals surface area (Å²) in [4.78, 5) is 2.43. The topological polar surface area (TPSA) is 23.5 Å². The van der Waals surface area contributed by atoms with E-state index in [-0.39, 0.29) is 0 Å². The average Bonchev–Trinajstić information content (AvgIpc) is 2.31. The Morgan fingerprint density at radius 1 is 1.31 bits per heavy atom. The van der Waals surface area contributed by atoms with E-state index in [1.807, 2.05) is 0 Å². The average molecular weight is 284 g/mol. The van der Waals surface area contributed by atoms with Gasteiger partial charge in [-0.2, -0.15) is 0 Å². The maximum absolute atomic E-state index is 8.99. The lowest BCUT2D eigenvalue weighted by Crippen LogP contribution is -2.35. The Morgan fingerprint density at radius 3 is 2.75 bits per heavy atom. The number of aliphatic hydroxyl groups is 1. The predicted octanol–water partition coefficient (Wildman–Crippen LogP) is 3.05. The molecule has 1 unspecified atom stereocenters. The van der Waals surface area contributed by atoms with Gasteiger partial charge in [-0.05, 0) is 49.4 Å². The van der Waals surface area contributed by atoms with Gasteiger partial charge >= 0.3 is 0 Å². The summed E-state index contributed by atoms with van der Waals surface area (Å²) in [6.45, 7) is 2.55. The molecule has 1 saturated heterocycles. The third-order valence-electron chi connectivity index (χ3n) is 3.25. The fourth-order valence-corrected chi connectivity index (χ4v) is 2.63. The Hall–Kier alpha value is -0.540. The first-order valence-electron chi connectivity index (χ1n) is 5.91. The van der Waals surface area contributed by atoms with Crippen molar-refractivity contribution in [1.82, 2.24) is 0 Å². The van der Waals surface area contributed by atoms with E-state index in [1.165, 1.54) is 18.5 Å². The number of anilines is 1. The van der Waals surface area contributed by atoms with Gasteiger partial charge in [0.05, 0.1) is 0 Å². The number of piperidine rings is 1. The SMILES string of the molecule is OCCC1CCCN(c2ccc(Br)cc2)C1. The Bertz CT molecular complexity index is 323. The summed E-state index contributed by atoms with van der Waals surface area (Å²) in [5, 5.41) is 8.99. The smallest absolute Gasteiger partial charge is 0.0434 e. The zero-order valence-corrected chi connectivity index (χ0v) is 11.0. The van der Waals surface area contributed by atoms with Crippen LogP contribution in [-0.2, 0) is 0 Å². The molecular weight excluding hydrogens is 266 g/mol. The number of hydrogen-bond donors (Lipinski definition) is 1. The third-order valence-corrected chi connectivity index (χ3v) is 3.78. The van der Waals surface area contributed by atoms with Crippen LogP contribution >= 0.6 is 15.9 Å². The maximum atomic E-state index is 8.99. The molecule has 1 aliphatic heterocycles. The van der Waals surface area contributed by atoms with Crippen molar-refractivity contribution in [2.45, 2.75) is 19.3 Å². The van der Waals surface area contributed by atoms with Crippen molar-refractivity contribution < 1.29 is 5.11 Å². The molecule has 1 N–H and O–H groups in total. The first kappa shape index (κ1) is 11.9. The molecule has 0 aromatic heterocycles. The van der Waals surface area contributed by atoms with Crippen LogP contribution in [0.4, 0.5) is 5.69 Å². The van der Waals surface area contributed by atoms with Crippen LogP contribution in [0.15, 0.2) is 28.7 Å². The van der Waals surface area contributed by atoms with Crippen molar-refractivity contribution in [2.75, 3.05) is 24.6 Å². The van der Waals surface area contributed by atoms with E-state index in [4.69, 9.17) is 5.11 Å². The van der Waals surface area contributed by atoms with E-state index in [2.05, 4.69) is 45.1 Å².